The highest BCUT2D eigenvalue weighted by molar-refractivity contribution is 5.94. The fourth-order valence-electron chi connectivity index (χ4n) is 2.99. The normalized spacial score (nSPS) is 14.2. The number of amides is 2. The van der Waals surface area contributed by atoms with Crippen molar-refractivity contribution in [2.45, 2.75) is 24.7 Å². The summed E-state index contributed by atoms with van der Waals surface area (Å²) in [5.41, 5.74) is 1.55. The summed E-state index contributed by atoms with van der Waals surface area (Å²) in [6, 6.07) is 15.5. The number of non-ortho nitro benzene ring substituents is 1. The first-order chi connectivity index (χ1) is 13.0. The Morgan fingerprint density at radius 3 is 2.26 bits per heavy atom. The Kier molecular flexibility index (Phi) is 5.49. The lowest BCUT2D eigenvalue weighted by atomic mass is 9.96. The summed E-state index contributed by atoms with van der Waals surface area (Å²) in [5.74, 6) is -0.471. The number of hydrogen-bond acceptors (Lipinski definition) is 4. The first-order valence-corrected chi connectivity index (χ1v) is 8.85. The molecule has 7 nitrogen and oxygen atoms in total. The summed E-state index contributed by atoms with van der Waals surface area (Å²) in [5, 5.41) is 16.2. The SMILES string of the molecule is O=C(CCNC(=O)c1ccc([N+](=O)[O-])cc1)NCC1(c2ccccc2)CC1. The summed E-state index contributed by atoms with van der Waals surface area (Å²) in [7, 11) is 0. The van der Waals surface area contributed by atoms with E-state index in [1.165, 1.54) is 29.8 Å². The standard InChI is InChI=1S/C20H21N3O4/c24-18(22-14-20(11-12-20)16-4-2-1-3-5-16)10-13-21-19(25)15-6-8-17(9-7-15)23(26)27/h1-9H,10-14H2,(H,21,25)(H,22,24). The van der Waals surface area contributed by atoms with Gasteiger partial charge in [0.15, 0.2) is 0 Å². The zero-order valence-electron chi connectivity index (χ0n) is 14.8. The molecule has 0 saturated heterocycles. The first kappa shape index (κ1) is 18.6. The van der Waals surface area contributed by atoms with E-state index in [0.717, 1.165) is 12.8 Å². The van der Waals surface area contributed by atoms with Gasteiger partial charge in [-0.15, -0.1) is 0 Å². The van der Waals surface area contributed by atoms with Crippen molar-refractivity contribution in [1.29, 1.82) is 0 Å². The number of carbonyl (C=O) groups is 2. The van der Waals surface area contributed by atoms with Gasteiger partial charge in [0.1, 0.15) is 0 Å². The maximum absolute atomic E-state index is 12.0. The molecule has 2 aromatic carbocycles. The lowest BCUT2D eigenvalue weighted by Gasteiger charge is -2.16. The number of nitro benzene ring substituents is 1. The zero-order valence-corrected chi connectivity index (χ0v) is 14.8. The number of benzene rings is 2. The van der Waals surface area contributed by atoms with Crippen molar-refractivity contribution in [2.75, 3.05) is 13.1 Å². The number of hydrogen-bond donors (Lipinski definition) is 2. The smallest absolute Gasteiger partial charge is 0.269 e. The van der Waals surface area contributed by atoms with Crippen molar-refractivity contribution < 1.29 is 14.5 Å². The number of nitrogens with one attached hydrogen (secondary N) is 2. The minimum absolute atomic E-state index is 0.0545. The van der Waals surface area contributed by atoms with Crippen molar-refractivity contribution in [3.05, 3.63) is 75.8 Å². The van der Waals surface area contributed by atoms with Crippen LogP contribution in [0.4, 0.5) is 5.69 Å². The molecule has 1 aliphatic rings. The lowest BCUT2D eigenvalue weighted by Crippen LogP contribution is -2.35. The van der Waals surface area contributed by atoms with Crippen molar-refractivity contribution in [2.24, 2.45) is 0 Å². The van der Waals surface area contributed by atoms with E-state index in [1.807, 2.05) is 18.2 Å². The second-order valence-corrected chi connectivity index (χ2v) is 6.73. The maximum atomic E-state index is 12.0. The molecule has 0 aliphatic heterocycles. The Balaban J connectivity index is 1.41. The minimum Gasteiger partial charge on any atom is -0.355 e. The molecule has 2 N–H and O–H groups in total. The van der Waals surface area contributed by atoms with Crippen LogP contribution in [0.3, 0.4) is 0 Å². The molecule has 1 fully saturated rings. The van der Waals surface area contributed by atoms with Gasteiger partial charge >= 0.3 is 0 Å². The van der Waals surface area contributed by atoms with Gasteiger partial charge in [0.25, 0.3) is 11.6 Å². The molecule has 2 amide bonds. The molecular weight excluding hydrogens is 346 g/mol. The van der Waals surface area contributed by atoms with Crippen LogP contribution in [0.15, 0.2) is 54.6 Å². The number of nitrogens with zero attached hydrogens (tertiary/aromatic N) is 1. The number of nitro groups is 1. The van der Waals surface area contributed by atoms with E-state index >= 15 is 0 Å². The van der Waals surface area contributed by atoms with Crippen molar-refractivity contribution in [3.63, 3.8) is 0 Å². The van der Waals surface area contributed by atoms with Crippen LogP contribution >= 0.6 is 0 Å². The largest absolute Gasteiger partial charge is 0.355 e. The van der Waals surface area contributed by atoms with Crippen molar-refractivity contribution >= 4 is 17.5 Å². The molecule has 0 spiro atoms. The van der Waals surface area contributed by atoms with Gasteiger partial charge in [0, 0.05) is 42.6 Å². The second kappa shape index (κ2) is 7.99. The van der Waals surface area contributed by atoms with E-state index in [4.69, 9.17) is 0 Å². The molecule has 140 valence electrons. The number of carbonyl (C=O) groups excluding carboxylic acids is 2. The van der Waals surface area contributed by atoms with Gasteiger partial charge in [-0.2, -0.15) is 0 Å². The van der Waals surface area contributed by atoms with Crippen LogP contribution in [0.2, 0.25) is 0 Å². The molecule has 2 aromatic rings. The first-order valence-electron chi connectivity index (χ1n) is 8.85. The van der Waals surface area contributed by atoms with Crippen LogP contribution in [-0.4, -0.2) is 29.8 Å². The molecule has 0 unspecified atom stereocenters. The average Bonchev–Trinajstić information content (AvgIpc) is 3.48. The van der Waals surface area contributed by atoms with E-state index in [2.05, 4.69) is 22.8 Å². The lowest BCUT2D eigenvalue weighted by molar-refractivity contribution is -0.384. The van der Waals surface area contributed by atoms with E-state index in [1.54, 1.807) is 0 Å². The Morgan fingerprint density at radius 1 is 1.00 bits per heavy atom. The average molecular weight is 367 g/mol. The summed E-state index contributed by atoms with van der Waals surface area (Å²) in [6.45, 7) is 0.812. The number of rotatable bonds is 8. The molecule has 0 heterocycles. The molecule has 7 heteroatoms. The third-order valence-electron chi connectivity index (χ3n) is 4.84. The highest BCUT2D eigenvalue weighted by Gasteiger charge is 2.44. The van der Waals surface area contributed by atoms with E-state index in [0.29, 0.717) is 12.1 Å². The maximum Gasteiger partial charge on any atom is 0.269 e. The van der Waals surface area contributed by atoms with E-state index < -0.39 is 4.92 Å². The van der Waals surface area contributed by atoms with Gasteiger partial charge in [0.2, 0.25) is 5.91 Å². The molecule has 0 atom stereocenters. The summed E-state index contributed by atoms with van der Waals surface area (Å²) in [6.07, 6.45) is 2.31. The minimum atomic E-state index is -0.520. The van der Waals surface area contributed by atoms with Gasteiger partial charge in [0.05, 0.1) is 4.92 Å². The summed E-state index contributed by atoms with van der Waals surface area (Å²) < 4.78 is 0. The Hall–Kier alpha value is -3.22. The Morgan fingerprint density at radius 2 is 1.67 bits per heavy atom. The van der Waals surface area contributed by atoms with Crippen molar-refractivity contribution in [1.82, 2.24) is 10.6 Å². The molecule has 1 aliphatic carbocycles. The van der Waals surface area contributed by atoms with Crippen LogP contribution in [0.1, 0.15) is 35.2 Å². The molecule has 1 saturated carbocycles. The van der Waals surface area contributed by atoms with Gasteiger partial charge < -0.3 is 10.6 Å². The quantitative estimate of drug-likeness (QED) is 0.553. The zero-order chi connectivity index (χ0) is 19.3. The third kappa shape index (κ3) is 4.69. The summed E-state index contributed by atoms with van der Waals surface area (Å²) in [4.78, 5) is 34.2. The molecule has 3 rings (SSSR count). The molecule has 0 radical (unpaired) electrons. The monoisotopic (exact) mass is 367 g/mol. The fraction of sp³-hybridized carbons (Fsp3) is 0.300. The molecule has 27 heavy (non-hydrogen) atoms. The van der Waals surface area contributed by atoms with Crippen LogP contribution in [0.5, 0.6) is 0 Å². The highest BCUT2D eigenvalue weighted by atomic mass is 16.6. The predicted molar refractivity (Wildman–Crippen MR) is 100 cm³/mol. The topological polar surface area (TPSA) is 101 Å². The molecular formula is C20H21N3O4. The van der Waals surface area contributed by atoms with Crippen LogP contribution in [0.25, 0.3) is 0 Å². The van der Waals surface area contributed by atoms with Gasteiger partial charge in [-0.05, 0) is 30.5 Å². The molecule has 0 aromatic heterocycles. The van der Waals surface area contributed by atoms with Gasteiger partial charge in [-0.3, -0.25) is 19.7 Å². The highest BCUT2D eigenvalue weighted by Crippen LogP contribution is 2.47. The Bertz CT molecular complexity index is 830. The van der Waals surface area contributed by atoms with Gasteiger partial charge in [-0.1, -0.05) is 30.3 Å². The predicted octanol–water partition coefficient (Wildman–Crippen LogP) is 2.56. The van der Waals surface area contributed by atoms with Crippen LogP contribution in [-0.2, 0) is 10.2 Å². The third-order valence-corrected chi connectivity index (χ3v) is 4.84. The van der Waals surface area contributed by atoms with Gasteiger partial charge in [-0.25, -0.2) is 0 Å². The van der Waals surface area contributed by atoms with Crippen LogP contribution < -0.4 is 10.6 Å². The molecule has 0 bridgehead atoms. The van der Waals surface area contributed by atoms with E-state index in [9.17, 15) is 19.7 Å². The summed E-state index contributed by atoms with van der Waals surface area (Å²) >= 11 is 0. The van der Waals surface area contributed by atoms with Crippen molar-refractivity contribution in [3.8, 4) is 0 Å². The second-order valence-electron chi connectivity index (χ2n) is 6.73. The fourth-order valence-corrected chi connectivity index (χ4v) is 2.99. The van der Waals surface area contributed by atoms with E-state index in [-0.39, 0.29) is 35.9 Å². The Labute approximate surface area is 156 Å². The van der Waals surface area contributed by atoms with Crippen LogP contribution in [0, 0.1) is 10.1 Å².